The van der Waals surface area contributed by atoms with Crippen LogP contribution < -0.4 is 4.90 Å². The van der Waals surface area contributed by atoms with Crippen molar-refractivity contribution in [2.75, 3.05) is 31.1 Å². The summed E-state index contributed by atoms with van der Waals surface area (Å²) in [4.78, 5) is 30.9. The van der Waals surface area contributed by atoms with Gasteiger partial charge in [-0.3, -0.25) is 19.9 Å². The zero-order valence-corrected chi connectivity index (χ0v) is 16.2. The first-order valence-corrected chi connectivity index (χ1v) is 9.49. The van der Waals surface area contributed by atoms with Crippen molar-refractivity contribution in [3.63, 3.8) is 0 Å². The van der Waals surface area contributed by atoms with E-state index in [9.17, 15) is 28.1 Å². The second-order valence-corrected chi connectivity index (χ2v) is 7.10. The molecule has 3 aromatic rings. The van der Waals surface area contributed by atoms with Gasteiger partial charge in [0.25, 0.3) is 11.6 Å². The number of nitro groups is 1. The lowest BCUT2D eigenvalue weighted by Crippen LogP contribution is -2.49. The van der Waals surface area contributed by atoms with Crippen LogP contribution >= 0.6 is 0 Å². The average Bonchev–Trinajstić information content (AvgIpc) is 2.77. The van der Waals surface area contributed by atoms with Crippen LogP contribution in [-0.4, -0.2) is 46.9 Å². The molecule has 160 valence electrons. The Morgan fingerprint density at radius 2 is 1.71 bits per heavy atom. The highest BCUT2D eigenvalue weighted by Gasteiger charge is 2.36. The first-order valence-electron chi connectivity index (χ1n) is 9.49. The van der Waals surface area contributed by atoms with E-state index in [2.05, 4.69) is 4.98 Å². The van der Waals surface area contributed by atoms with Gasteiger partial charge >= 0.3 is 6.18 Å². The number of halogens is 3. The van der Waals surface area contributed by atoms with E-state index in [1.165, 1.54) is 35.4 Å². The van der Waals surface area contributed by atoms with Crippen LogP contribution in [0.15, 0.2) is 54.9 Å². The molecule has 2 aromatic carbocycles. The minimum absolute atomic E-state index is 0.0515. The van der Waals surface area contributed by atoms with Crippen LogP contribution in [0.5, 0.6) is 0 Å². The fourth-order valence-electron chi connectivity index (χ4n) is 3.83. The third-order valence-electron chi connectivity index (χ3n) is 5.34. The molecule has 2 heterocycles. The molecular weight excluding hydrogens is 413 g/mol. The second kappa shape index (κ2) is 7.86. The fraction of sp³-hybridized carbons (Fsp3) is 0.238. The van der Waals surface area contributed by atoms with Gasteiger partial charge in [-0.2, -0.15) is 13.2 Å². The quantitative estimate of drug-likeness (QED) is 0.461. The summed E-state index contributed by atoms with van der Waals surface area (Å²) in [6, 6.07) is 9.51. The van der Waals surface area contributed by atoms with E-state index in [4.69, 9.17) is 0 Å². The largest absolute Gasteiger partial charge is 0.417 e. The van der Waals surface area contributed by atoms with Crippen molar-refractivity contribution in [3.05, 3.63) is 76.1 Å². The van der Waals surface area contributed by atoms with E-state index in [1.54, 1.807) is 18.3 Å². The Morgan fingerprint density at radius 1 is 1.00 bits per heavy atom. The molecule has 1 saturated heterocycles. The molecule has 4 rings (SSSR count). The first-order chi connectivity index (χ1) is 14.8. The minimum atomic E-state index is -4.61. The Morgan fingerprint density at radius 3 is 2.39 bits per heavy atom. The number of carbonyl (C=O) groups is 1. The molecule has 0 bridgehead atoms. The summed E-state index contributed by atoms with van der Waals surface area (Å²) < 4.78 is 39.8. The van der Waals surface area contributed by atoms with Gasteiger partial charge in [-0.25, -0.2) is 0 Å². The van der Waals surface area contributed by atoms with Gasteiger partial charge in [0.15, 0.2) is 0 Å². The Labute approximate surface area is 174 Å². The monoisotopic (exact) mass is 430 g/mol. The summed E-state index contributed by atoms with van der Waals surface area (Å²) in [6.07, 6.45) is -1.63. The standard InChI is InChI=1S/C21H17F3N4O3/c22-21(23,24)17-4-2-1-3-15(17)20(29)27-11-9-26(10-12-27)18-5-6-19(28(30)31)16-13-25-8-7-14(16)18/h1-8,13H,9-12H2. The lowest BCUT2D eigenvalue weighted by Gasteiger charge is -2.37. The number of hydrogen-bond donors (Lipinski definition) is 0. The van der Waals surface area contributed by atoms with Crippen molar-refractivity contribution in [2.45, 2.75) is 6.18 Å². The maximum absolute atomic E-state index is 13.3. The number of alkyl halides is 3. The highest BCUT2D eigenvalue weighted by molar-refractivity contribution is 6.00. The van der Waals surface area contributed by atoms with E-state index < -0.39 is 22.6 Å². The van der Waals surface area contributed by atoms with Gasteiger partial charge in [0.05, 0.1) is 21.4 Å². The third kappa shape index (κ3) is 3.88. The summed E-state index contributed by atoms with van der Waals surface area (Å²) in [5, 5.41) is 12.4. The molecule has 1 fully saturated rings. The van der Waals surface area contributed by atoms with Crippen LogP contribution in [-0.2, 0) is 6.18 Å². The predicted octanol–water partition coefficient (Wildman–Crippen LogP) is 4.12. The van der Waals surface area contributed by atoms with Crippen LogP contribution in [0.1, 0.15) is 15.9 Å². The molecule has 1 amide bonds. The summed E-state index contributed by atoms with van der Waals surface area (Å²) >= 11 is 0. The van der Waals surface area contributed by atoms with Crippen LogP contribution in [0.25, 0.3) is 10.8 Å². The van der Waals surface area contributed by atoms with E-state index in [-0.39, 0.29) is 24.3 Å². The van der Waals surface area contributed by atoms with E-state index in [1.807, 2.05) is 4.90 Å². The molecule has 1 aliphatic heterocycles. The SMILES string of the molecule is O=C(c1ccccc1C(F)(F)F)N1CCN(c2ccc([N+](=O)[O-])c3cnccc23)CC1. The maximum Gasteiger partial charge on any atom is 0.417 e. The molecule has 7 nitrogen and oxygen atoms in total. The molecule has 1 aromatic heterocycles. The zero-order valence-electron chi connectivity index (χ0n) is 16.2. The summed E-state index contributed by atoms with van der Waals surface area (Å²) in [7, 11) is 0. The summed E-state index contributed by atoms with van der Waals surface area (Å²) in [6.45, 7) is 1.23. The topological polar surface area (TPSA) is 79.6 Å². The Bertz CT molecular complexity index is 1160. The minimum Gasteiger partial charge on any atom is -0.367 e. The van der Waals surface area contributed by atoms with Gasteiger partial charge in [-0.1, -0.05) is 12.1 Å². The Kier molecular flexibility index (Phi) is 5.22. The highest BCUT2D eigenvalue weighted by Crippen LogP contribution is 2.34. The number of pyridine rings is 1. The number of amides is 1. The van der Waals surface area contributed by atoms with Crippen molar-refractivity contribution in [1.29, 1.82) is 0 Å². The molecule has 0 atom stereocenters. The van der Waals surface area contributed by atoms with E-state index >= 15 is 0 Å². The predicted molar refractivity (Wildman–Crippen MR) is 108 cm³/mol. The van der Waals surface area contributed by atoms with Crippen molar-refractivity contribution in [3.8, 4) is 0 Å². The smallest absolute Gasteiger partial charge is 0.367 e. The van der Waals surface area contributed by atoms with Gasteiger partial charge in [0.1, 0.15) is 0 Å². The number of benzene rings is 2. The molecule has 31 heavy (non-hydrogen) atoms. The Balaban J connectivity index is 1.56. The molecule has 0 N–H and O–H groups in total. The van der Waals surface area contributed by atoms with Crippen LogP contribution in [0, 0.1) is 10.1 Å². The average molecular weight is 430 g/mol. The number of piperazine rings is 1. The van der Waals surface area contributed by atoms with Gasteiger partial charge in [-0.15, -0.1) is 0 Å². The molecule has 0 spiro atoms. The normalized spacial score (nSPS) is 14.7. The molecule has 0 radical (unpaired) electrons. The van der Waals surface area contributed by atoms with Gasteiger partial charge in [-0.05, 0) is 24.3 Å². The number of nitro benzene ring substituents is 1. The summed E-state index contributed by atoms with van der Waals surface area (Å²) in [5.74, 6) is -0.662. The number of non-ortho nitro benzene ring substituents is 1. The number of aromatic nitrogens is 1. The van der Waals surface area contributed by atoms with Crippen LogP contribution in [0.3, 0.4) is 0 Å². The lowest BCUT2D eigenvalue weighted by molar-refractivity contribution is -0.383. The van der Waals surface area contributed by atoms with E-state index in [0.29, 0.717) is 23.9 Å². The number of carbonyl (C=O) groups excluding carboxylic acids is 1. The lowest BCUT2D eigenvalue weighted by atomic mass is 10.0. The Hall–Kier alpha value is -3.69. The van der Waals surface area contributed by atoms with Crippen LogP contribution in [0.4, 0.5) is 24.5 Å². The first kappa shape index (κ1) is 20.6. The van der Waals surface area contributed by atoms with Crippen LogP contribution in [0.2, 0.25) is 0 Å². The molecule has 0 aliphatic carbocycles. The maximum atomic E-state index is 13.3. The van der Waals surface area contributed by atoms with Gasteiger partial charge in [0.2, 0.25) is 0 Å². The number of fused-ring (bicyclic) bond motifs is 1. The van der Waals surface area contributed by atoms with Gasteiger partial charge in [0, 0.05) is 55.7 Å². The number of anilines is 1. The zero-order chi connectivity index (χ0) is 22.2. The summed E-state index contributed by atoms with van der Waals surface area (Å²) in [5.41, 5.74) is -0.609. The highest BCUT2D eigenvalue weighted by atomic mass is 19.4. The third-order valence-corrected chi connectivity index (χ3v) is 5.34. The second-order valence-electron chi connectivity index (χ2n) is 7.10. The number of rotatable bonds is 3. The van der Waals surface area contributed by atoms with Crippen molar-refractivity contribution in [1.82, 2.24) is 9.88 Å². The van der Waals surface area contributed by atoms with Crippen molar-refractivity contribution >= 4 is 28.1 Å². The van der Waals surface area contributed by atoms with E-state index in [0.717, 1.165) is 11.8 Å². The van der Waals surface area contributed by atoms with Gasteiger partial charge < -0.3 is 9.80 Å². The van der Waals surface area contributed by atoms with Crippen molar-refractivity contribution in [2.24, 2.45) is 0 Å². The van der Waals surface area contributed by atoms with Crippen molar-refractivity contribution < 1.29 is 22.9 Å². The number of hydrogen-bond acceptors (Lipinski definition) is 5. The fourth-order valence-corrected chi connectivity index (χ4v) is 3.83. The molecular formula is C21H17F3N4O3. The molecule has 10 heteroatoms. The molecule has 0 saturated carbocycles. The number of nitrogens with zero attached hydrogens (tertiary/aromatic N) is 4. The molecule has 1 aliphatic rings. The molecule has 0 unspecified atom stereocenters.